The van der Waals surface area contributed by atoms with Gasteiger partial charge in [0, 0.05) is 17.3 Å². The van der Waals surface area contributed by atoms with Crippen LogP contribution in [-0.2, 0) is 6.54 Å². The molecular formula is C18H20N6O2. The number of benzene rings is 2. The van der Waals surface area contributed by atoms with Crippen molar-refractivity contribution in [3.05, 3.63) is 54.4 Å². The number of aliphatic imine (C=N–C) groups is 1. The van der Waals surface area contributed by atoms with E-state index in [0.717, 1.165) is 16.8 Å². The molecule has 2 aromatic carbocycles. The van der Waals surface area contributed by atoms with Crippen molar-refractivity contribution in [1.29, 1.82) is 0 Å². The Labute approximate surface area is 151 Å². The van der Waals surface area contributed by atoms with E-state index in [-0.39, 0.29) is 0 Å². The minimum atomic E-state index is 0.308. The fourth-order valence-electron chi connectivity index (χ4n) is 2.44. The van der Waals surface area contributed by atoms with Crippen LogP contribution >= 0.6 is 0 Å². The molecule has 0 saturated heterocycles. The Bertz CT molecular complexity index is 892. The van der Waals surface area contributed by atoms with Crippen molar-refractivity contribution < 1.29 is 9.47 Å². The lowest BCUT2D eigenvalue weighted by molar-refractivity contribution is 0.355. The third kappa shape index (κ3) is 4.10. The van der Waals surface area contributed by atoms with E-state index in [2.05, 4.69) is 25.5 Å². The topological polar surface area (TPSA) is 110 Å². The summed E-state index contributed by atoms with van der Waals surface area (Å²) in [4.78, 5) is 8.52. The molecule has 3 rings (SSSR count). The average Bonchev–Trinajstić information content (AvgIpc) is 3.21. The van der Waals surface area contributed by atoms with Gasteiger partial charge in [0.1, 0.15) is 6.33 Å². The Kier molecular flexibility index (Phi) is 5.33. The Balaban J connectivity index is 1.68. The normalized spacial score (nSPS) is 11.2. The summed E-state index contributed by atoms with van der Waals surface area (Å²) in [6.07, 6.45) is 1.48. The fourth-order valence-corrected chi connectivity index (χ4v) is 2.44. The number of anilines is 1. The fraction of sp³-hybridized carbons (Fsp3) is 0.167. The van der Waals surface area contributed by atoms with Crippen molar-refractivity contribution in [2.75, 3.05) is 19.5 Å². The van der Waals surface area contributed by atoms with Crippen molar-refractivity contribution in [1.82, 2.24) is 15.2 Å². The SMILES string of the molecule is COc1ccc(NC(N)=NCc2cccc(-c3ncn[nH]3)c2)cc1OC. The number of H-pyrrole nitrogens is 1. The Morgan fingerprint density at radius 2 is 2.00 bits per heavy atom. The smallest absolute Gasteiger partial charge is 0.193 e. The number of hydrogen-bond acceptors (Lipinski definition) is 5. The van der Waals surface area contributed by atoms with Crippen LogP contribution in [0.5, 0.6) is 11.5 Å². The molecular weight excluding hydrogens is 332 g/mol. The van der Waals surface area contributed by atoms with Crippen LogP contribution in [-0.4, -0.2) is 35.4 Å². The lowest BCUT2D eigenvalue weighted by Gasteiger charge is -2.11. The molecule has 0 bridgehead atoms. The van der Waals surface area contributed by atoms with Gasteiger partial charge in [0.25, 0.3) is 0 Å². The van der Waals surface area contributed by atoms with Gasteiger partial charge in [0.15, 0.2) is 23.3 Å². The molecule has 8 heteroatoms. The van der Waals surface area contributed by atoms with Gasteiger partial charge >= 0.3 is 0 Å². The molecule has 26 heavy (non-hydrogen) atoms. The molecule has 0 spiro atoms. The summed E-state index contributed by atoms with van der Waals surface area (Å²) in [5, 5.41) is 9.75. The third-order valence-corrected chi connectivity index (χ3v) is 3.70. The number of guanidine groups is 1. The molecule has 0 fully saturated rings. The first-order valence-electron chi connectivity index (χ1n) is 7.93. The van der Waals surface area contributed by atoms with E-state index in [0.29, 0.717) is 29.8 Å². The standard InChI is InChI=1S/C18H20N6O2/c1-25-15-7-6-14(9-16(15)26-2)23-18(19)20-10-12-4-3-5-13(8-12)17-21-11-22-24-17/h3-9,11H,10H2,1-2H3,(H3,19,20,23)(H,21,22,24). The van der Waals surface area contributed by atoms with Crippen molar-refractivity contribution in [3.8, 4) is 22.9 Å². The van der Waals surface area contributed by atoms with Gasteiger partial charge in [-0.05, 0) is 23.8 Å². The highest BCUT2D eigenvalue weighted by Crippen LogP contribution is 2.29. The monoisotopic (exact) mass is 352 g/mol. The number of rotatable bonds is 6. The number of hydrogen-bond donors (Lipinski definition) is 3. The number of aromatic nitrogens is 3. The number of nitrogens with two attached hydrogens (primary N) is 1. The van der Waals surface area contributed by atoms with Gasteiger partial charge in [0.05, 0.1) is 20.8 Å². The summed E-state index contributed by atoms with van der Waals surface area (Å²) in [5.41, 5.74) is 8.71. The predicted molar refractivity (Wildman–Crippen MR) is 100 cm³/mol. The Morgan fingerprint density at radius 3 is 2.73 bits per heavy atom. The minimum absolute atomic E-state index is 0.308. The van der Waals surface area contributed by atoms with E-state index in [9.17, 15) is 0 Å². The molecule has 134 valence electrons. The number of nitrogens with zero attached hydrogens (tertiary/aromatic N) is 3. The maximum atomic E-state index is 5.99. The zero-order chi connectivity index (χ0) is 18.4. The molecule has 3 aromatic rings. The first-order chi connectivity index (χ1) is 12.7. The summed E-state index contributed by atoms with van der Waals surface area (Å²) in [7, 11) is 3.17. The van der Waals surface area contributed by atoms with Crippen LogP contribution in [0.4, 0.5) is 5.69 Å². The van der Waals surface area contributed by atoms with Gasteiger partial charge in [-0.3, -0.25) is 5.10 Å². The van der Waals surface area contributed by atoms with Crippen molar-refractivity contribution in [3.63, 3.8) is 0 Å². The highest BCUT2D eigenvalue weighted by atomic mass is 16.5. The first kappa shape index (κ1) is 17.3. The summed E-state index contributed by atoms with van der Waals surface area (Å²) >= 11 is 0. The predicted octanol–water partition coefficient (Wildman–Crippen LogP) is 2.42. The molecule has 1 heterocycles. The van der Waals surface area contributed by atoms with E-state index in [1.165, 1.54) is 6.33 Å². The minimum Gasteiger partial charge on any atom is -0.493 e. The van der Waals surface area contributed by atoms with Crippen LogP contribution in [0.15, 0.2) is 53.8 Å². The van der Waals surface area contributed by atoms with Crippen molar-refractivity contribution in [2.45, 2.75) is 6.54 Å². The van der Waals surface area contributed by atoms with Crippen LogP contribution < -0.4 is 20.5 Å². The number of nitrogens with one attached hydrogen (secondary N) is 2. The van der Waals surface area contributed by atoms with Crippen molar-refractivity contribution in [2.24, 2.45) is 10.7 Å². The second-order valence-electron chi connectivity index (χ2n) is 5.43. The van der Waals surface area contributed by atoms with Crippen LogP contribution in [0.3, 0.4) is 0 Å². The first-order valence-corrected chi connectivity index (χ1v) is 7.93. The van der Waals surface area contributed by atoms with E-state index >= 15 is 0 Å². The van der Waals surface area contributed by atoms with Gasteiger partial charge in [-0.25, -0.2) is 9.98 Å². The van der Waals surface area contributed by atoms with E-state index in [1.807, 2.05) is 30.3 Å². The maximum absolute atomic E-state index is 5.99. The van der Waals surface area contributed by atoms with E-state index in [4.69, 9.17) is 15.2 Å². The molecule has 8 nitrogen and oxygen atoms in total. The molecule has 1 aromatic heterocycles. The molecule has 0 amide bonds. The molecule has 0 aliphatic heterocycles. The summed E-state index contributed by atoms with van der Waals surface area (Å²) in [6.45, 7) is 0.439. The number of ether oxygens (including phenoxy) is 2. The zero-order valence-electron chi connectivity index (χ0n) is 14.6. The second-order valence-corrected chi connectivity index (χ2v) is 5.43. The van der Waals surface area contributed by atoms with Crippen molar-refractivity contribution >= 4 is 11.6 Å². The van der Waals surface area contributed by atoms with Crippen LogP contribution in [0.2, 0.25) is 0 Å². The molecule has 0 aliphatic rings. The molecule has 0 atom stereocenters. The largest absolute Gasteiger partial charge is 0.493 e. The summed E-state index contributed by atoms with van der Waals surface area (Å²) < 4.78 is 10.5. The maximum Gasteiger partial charge on any atom is 0.193 e. The summed E-state index contributed by atoms with van der Waals surface area (Å²) in [6, 6.07) is 13.3. The summed E-state index contributed by atoms with van der Waals surface area (Å²) in [5.74, 6) is 2.29. The highest BCUT2D eigenvalue weighted by molar-refractivity contribution is 5.92. The van der Waals surface area contributed by atoms with Gasteiger partial charge in [-0.1, -0.05) is 18.2 Å². The van der Waals surface area contributed by atoms with Gasteiger partial charge in [-0.15, -0.1) is 0 Å². The molecule has 0 aliphatic carbocycles. The van der Waals surface area contributed by atoms with Gasteiger partial charge in [-0.2, -0.15) is 5.10 Å². The molecule has 0 radical (unpaired) electrons. The lowest BCUT2D eigenvalue weighted by Crippen LogP contribution is -2.22. The Morgan fingerprint density at radius 1 is 1.15 bits per heavy atom. The molecule has 0 unspecified atom stereocenters. The lowest BCUT2D eigenvalue weighted by atomic mass is 10.1. The van der Waals surface area contributed by atoms with Crippen LogP contribution in [0, 0.1) is 0 Å². The van der Waals surface area contributed by atoms with E-state index in [1.54, 1.807) is 26.4 Å². The zero-order valence-corrected chi connectivity index (χ0v) is 14.6. The van der Waals surface area contributed by atoms with E-state index < -0.39 is 0 Å². The van der Waals surface area contributed by atoms with Gasteiger partial charge in [0.2, 0.25) is 0 Å². The molecule has 0 saturated carbocycles. The third-order valence-electron chi connectivity index (χ3n) is 3.70. The number of aromatic amines is 1. The van der Waals surface area contributed by atoms with Crippen LogP contribution in [0.1, 0.15) is 5.56 Å². The van der Waals surface area contributed by atoms with Gasteiger partial charge < -0.3 is 20.5 Å². The quantitative estimate of drug-likeness (QED) is 0.464. The van der Waals surface area contributed by atoms with Crippen LogP contribution in [0.25, 0.3) is 11.4 Å². The second kappa shape index (κ2) is 8.02. The number of methoxy groups -OCH3 is 2. The molecule has 4 N–H and O–H groups in total. The Hall–Kier alpha value is -3.55. The average molecular weight is 352 g/mol. The highest BCUT2D eigenvalue weighted by Gasteiger charge is 2.05.